The molecule has 0 saturated carbocycles. The summed E-state index contributed by atoms with van der Waals surface area (Å²) in [5.41, 5.74) is 4.08. The lowest BCUT2D eigenvalue weighted by molar-refractivity contribution is -0.137. The first kappa shape index (κ1) is 25.9. The summed E-state index contributed by atoms with van der Waals surface area (Å²) in [4.78, 5) is 39.5. The molecule has 4 rings (SSSR count). The monoisotopic (exact) mass is 560 g/mol. The summed E-state index contributed by atoms with van der Waals surface area (Å²) < 4.78 is 11.4. The van der Waals surface area contributed by atoms with E-state index in [2.05, 4.69) is 21.2 Å². The minimum Gasteiger partial charge on any atom is -0.484 e. The van der Waals surface area contributed by atoms with Gasteiger partial charge in [-0.1, -0.05) is 45.8 Å². The van der Waals surface area contributed by atoms with Crippen molar-refractivity contribution in [2.45, 2.75) is 13.8 Å². The average molecular weight is 561 g/mol. The number of hydrogen-bond donors (Lipinski definition) is 1. The third kappa shape index (κ3) is 5.98. The lowest BCUT2D eigenvalue weighted by Gasteiger charge is -2.21. The molecule has 8 heteroatoms. The second kappa shape index (κ2) is 11.3. The van der Waals surface area contributed by atoms with Gasteiger partial charge >= 0.3 is 5.97 Å². The first-order valence-corrected chi connectivity index (χ1v) is 12.3. The Morgan fingerprint density at radius 1 is 0.946 bits per heavy atom. The number of benzene rings is 3. The maximum absolute atomic E-state index is 13.2. The molecule has 1 amide bonds. The Kier molecular flexibility index (Phi) is 7.89. The van der Waals surface area contributed by atoms with Crippen LogP contribution in [0.25, 0.3) is 6.08 Å². The van der Waals surface area contributed by atoms with Crippen LogP contribution in [0.4, 0.5) is 11.4 Å². The SMILES string of the molecule is COC(=O)C1=C(C)N(c2ccc(Br)cc2)/C(=C\c2ccc(OCC(=O)Nc3ccc(C)cc3)cc2)C1=O. The number of ketones is 1. The zero-order valence-electron chi connectivity index (χ0n) is 20.6. The molecule has 188 valence electrons. The summed E-state index contributed by atoms with van der Waals surface area (Å²) in [5, 5.41) is 2.79. The Bertz CT molecular complexity index is 1390. The average Bonchev–Trinajstić information content (AvgIpc) is 3.14. The highest BCUT2D eigenvalue weighted by Gasteiger charge is 2.38. The Balaban J connectivity index is 1.51. The molecule has 1 N–H and O–H groups in total. The van der Waals surface area contributed by atoms with Crippen molar-refractivity contribution in [2.75, 3.05) is 23.9 Å². The molecule has 3 aromatic rings. The lowest BCUT2D eigenvalue weighted by Crippen LogP contribution is -2.20. The highest BCUT2D eigenvalue weighted by molar-refractivity contribution is 9.10. The van der Waals surface area contributed by atoms with E-state index in [1.54, 1.807) is 42.2 Å². The predicted molar refractivity (Wildman–Crippen MR) is 146 cm³/mol. The maximum atomic E-state index is 13.2. The van der Waals surface area contributed by atoms with E-state index in [1.807, 2.05) is 55.5 Å². The number of esters is 1. The highest BCUT2D eigenvalue weighted by atomic mass is 79.9. The van der Waals surface area contributed by atoms with Crippen molar-refractivity contribution in [3.8, 4) is 5.75 Å². The number of nitrogens with one attached hydrogen (secondary N) is 1. The predicted octanol–water partition coefficient (Wildman–Crippen LogP) is 5.65. The van der Waals surface area contributed by atoms with Gasteiger partial charge in [0.25, 0.3) is 5.91 Å². The molecule has 0 aliphatic carbocycles. The van der Waals surface area contributed by atoms with Crippen LogP contribution in [-0.4, -0.2) is 31.4 Å². The van der Waals surface area contributed by atoms with Crippen LogP contribution < -0.4 is 15.0 Å². The van der Waals surface area contributed by atoms with Crippen molar-refractivity contribution < 1.29 is 23.9 Å². The van der Waals surface area contributed by atoms with Gasteiger partial charge in [-0.05, 0) is 74.0 Å². The quantitative estimate of drug-likeness (QED) is 0.228. The number of nitrogens with zero attached hydrogens (tertiary/aromatic N) is 1. The topological polar surface area (TPSA) is 84.9 Å². The van der Waals surface area contributed by atoms with E-state index in [-0.39, 0.29) is 18.1 Å². The van der Waals surface area contributed by atoms with Gasteiger partial charge < -0.3 is 19.7 Å². The minimum atomic E-state index is -0.680. The summed E-state index contributed by atoms with van der Waals surface area (Å²) in [6.45, 7) is 3.55. The van der Waals surface area contributed by atoms with Crippen LogP contribution >= 0.6 is 15.9 Å². The number of anilines is 2. The van der Waals surface area contributed by atoms with Crippen LogP contribution in [0.2, 0.25) is 0 Å². The standard InChI is InChI=1S/C29H25BrN2O5/c1-18-4-10-22(11-5-18)31-26(33)17-37-24-14-6-20(7-15-24)16-25-28(34)27(29(35)36-3)19(2)32(25)23-12-8-21(30)9-13-23/h4-16H,17H2,1-3H3,(H,31,33)/b25-16-. The first-order chi connectivity index (χ1) is 17.8. The molecule has 0 spiro atoms. The number of halogens is 1. The molecular formula is C29H25BrN2O5. The Hall–Kier alpha value is -4.17. The molecular weight excluding hydrogens is 536 g/mol. The largest absolute Gasteiger partial charge is 0.484 e. The molecule has 0 radical (unpaired) electrons. The van der Waals surface area contributed by atoms with Crippen LogP contribution in [0.3, 0.4) is 0 Å². The van der Waals surface area contributed by atoms with Gasteiger partial charge in [0.05, 0.1) is 12.8 Å². The van der Waals surface area contributed by atoms with E-state index in [0.29, 0.717) is 22.8 Å². The zero-order valence-corrected chi connectivity index (χ0v) is 22.2. The van der Waals surface area contributed by atoms with E-state index < -0.39 is 11.8 Å². The van der Waals surface area contributed by atoms with Gasteiger partial charge in [0.1, 0.15) is 11.3 Å². The summed E-state index contributed by atoms with van der Waals surface area (Å²) in [5.74, 6) is -0.858. The molecule has 3 aromatic carbocycles. The van der Waals surface area contributed by atoms with E-state index in [9.17, 15) is 14.4 Å². The van der Waals surface area contributed by atoms with Crippen LogP contribution in [0.1, 0.15) is 18.1 Å². The van der Waals surface area contributed by atoms with E-state index in [1.165, 1.54) is 7.11 Å². The van der Waals surface area contributed by atoms with Gasteiger partial charge in [-0.3, -0.25) is 9.59 Å². The fraction of sp³-hybridized carbons (Fsp3) is 0.138. The summed E-state index contributed by atoms with van der Waals surface area (Å²) in [7, 11) is 1.25. The van der Waals surface area contributed by atoms with Crippen molar-refractivity contribution in [1.29, 1.82) is 0 Å². The molecule has 0 aromatic heterocycles. The fourth-order valence-electron chi connectivity index (χ4n) is 3.88. The van der Waals surface area contributed by atoms with Crippen molar-refractivity contribution in [3.05, 3.63) is 105 Å². The molecule has 0 unspecified atom stereocenters. The zero-order chi connectivity index (χ0) is 26.5. The Labute approximate surface area is 223 Å². The number of amides is 1. The van der Waals surface area contributed by atoms with Crippen LogP contribution in [-0.2, 0) is 19.1 Å². The van der Waals surface area contributed by atoms with Gasteiger partial charge in [-0.2, -0.15) is 0 Å². The molecule has 1 heterocycles. The number of rotatable bonds is 7. The van der Waals surface area contributed by atoms with Crippen molar-refractivity contribution in [1.82, 2.24) is 0 Å². The second-order valence-corrected chi connectivity index (χ2v) is 9.31. The molecule has 37 heavy (non-hydrogen) atoms. The molecule has 0 atom stereocenters. The van der Waals surface area contributed by atoms with Crippen LogP contribution in [0, 0.1) is 6.92 Å². The lowest BCUT2D eigenvalue weighted by atomic mass is 10.1. The number of aryl methyl sites for hydroxylation is 1. The van der Waals surface area contributed by atoms with Gasteiger partial charge in [0.2, 0.25) is 5.78 Å². The van der Waals surface area contributed by atoms with Crippen LogP contribution in [0.5, 0.6) is 5.75 Å². The second-order valence-electron chi connectivity index (χ2n) is 8.39. The van der Waals surface area contributed by atoms with E-state index in [0.717, 1.165) is 21.3 Å². The number of Topliss-reactive ketones (excluding diaryl/α,β-unsaturated/α-hetero) is 1. The molecule has 0 bridgehead atoms. The number of methoxy groups -OCH3 is 1. The molecule has 7 nitrogen and oxygen atoms in total. The van der Waals surface area contributed by atoms with Gasteiger partial charge in [-0.25, -0.2) is 4.79 Å². The van der Waals surface area contributed by atoms with Gasteiger partial charge in [-0.15, -0.1) is 0 Å². The van der Waals surface area contributed by atoms with Crippen LogP contribution in [0.15, 0.2) is 94.2 Å². The minimum absolute atomic E-state index is 0.00351. The maximum Gasteiger partial charge on any atom is 0.343 e. The Morgan fingerprint density at radius 3 is 2.22 bits per heavy atom. The first-order valence-electron chi connectivity index (χ1n) is 11.5. The Morgan fingerprint density at radius 2 is 1.59 bits per heavy atom. The highest BCUT2D eigenvalue weighted by Crippen LogP contribution is 2.36. The fourth-order valence-corrected chi connectivity index (χ4v) is 4.15. The smallest absolute Gasteiger partial charge is 0.343 e. The normalized spacial score (nSPS) is 14.2. The van der Waals surface area contributed by atoms with Crippen molar-refractivity contribution in [3.63, 3.8) is 0 Å². The van der Waals surface area contributed by atoms with E-state index in [4.69, 9.17) is 9.47 Å². The van der Waals surface area contributed by atoms with Gasteiger partial charge in [0, 0.05) is 21.5 Å². The number of hydrogen-bond acceptors (Lipinski definition) is 6. The third-order valence-electron chi connectivity index (χ3n) is 5.76. The number of carbonyl (C=O) groups excluding carboxylic acids is 3. The molecule has 1 aliphatic rings. The number of carbonyl (C=O) groups is 3. The molecule has 1 aliphatic heterocycles. The number of allylic oxidation sites excluding steroid dienone is 2. The summed E-state index contributed by atoms with van der Waals surface area (Å²) in [6.07, 6.45) is 1.71. The third-order valence-corrected chi connectivity index (χ3v) is 6.29. The van der Waals surface area contributed by atoms with Crippen molar-refractivity contribution >= 4 is 51.0 Å². The molecule has 0 fully saturated rings. The van der Waals surface area contributed by atoms with E-state index >= 15 is 0 Å². The molecule has 0 saturated heterocycles. The van der Waals surface area contributed by atoms with Gasteiger partial charge in [0.15, 0.2) is 6.61 Å². The van der Waals surface area contributed by atoms with Crippen molar-refractivity contribution in [2.24, 2.45) is 0 Å². The summed E-state index contributed by atoms with van der Waals surface area (Å²) >= 11 is 3.42. The number of ether oxygens (including phenoxy) is 2. The summed E-state index contributed by atoms with van der Waals surface area (Å²) in [6, 6.07) is 21.9.